The molecule has 184 valence electrons. The van der Waals surface area contributed by atoms with Crippen molar-refractivity contribution < 1.29 is 37.0 Å². The number of carbonyl (C=O) groups excluding carboxylic acids is 1. The number of hydrogen-bond acceptors (Lipinski definition) is 11. The van der Waals surface area contributed by atoms with Crippen molar-refractivity contribution in [2.45, 2.75) is 38.4 Å². The van der Waals surface area contributed by atoms with Crippen LogP contribution in [0.25, 0.3) is 11.2 Å². The van der Waals surface area contributed by atoms with Crippen LogP contribution in [0.1, 0.15) is 20.1 Å². The molecule has 5 rings (SSSR count). The number of fused-ring (bicyclic) bond motifs is 2. The molecule has 14 heteroatoms. The minimum absolute atomic E-state index is 0.0636. The first-order valence-corrected chi connectivity index (χ1v) is 11.9. The average Bonchev–Trinajstić information content (AvgIpc) is 3.08. The lowest BCUT2D eigenvalue weighted by atomic mass is 9.99. The molecule has 3 aromatic rings. The van der Waals surface area contributed by atoms with Gasteiger partial charge in [0.15, 0.2) is 35.3 Å². The summed E-state index contributed by atoms with van der Waals surface area (Å²) in [4.78, 5) is 24.5. The Morgan fingerprint density at radius 2 is 2.06 bits per heavy atom. The standard InChI is InChI=1S/C21H22FN5O7P/c1-3-30-18-13-17(25-20(23)26-18)27(10-24-13)19-16(31-11(2)28)21(9-22)14(32-19)15(21)34-35(29)33-12-7-5-4-6-8-12/h4-8,10,14-16,19H,3,9H2,1-2H3,(H2,23,25,26)/q+1/t14-,15?,16+,19-,21-/m1/s1. The molecule has 3 heterocycles. The van der Waals surface area contributed by atoms with Crippen LogP contribution in [0.3, 0.4) is 0 Å². The van der Waals surface area contributed by atoms with Crippen LogP contribution >= 0.6 is 8.25 Å². The number of esters is 1. The van der Waals surface area contributed by atoms with Gasteiger partial charge in [-0.2, -0.15) is 9.97 Å². The van der Waals surface area contributed by atoms with Crippen molar-refractivity contribution in [3.8, 4) is 11.6 Å². The molecule has 0 amide bonds. The number of nitrogen functional groups attached to an aromatic ring is 1. The number of ether oxygens (including phenoxy) is 3. The monoisotopic (exact) mass is 506 g/mol. The van der Waals surface area contributed by atoms with Gasteiger partial charge in [-0.05, 0) is 19.1 Å². The third kappa shape index (κ3) is 3.95. The summed E-state index contributed by atoms with van der Waals surface area (Å²) >= 11 is 0. The zero-order valence-electron chi connectivity index (χ0n) is 18.7. The third-order valence-electron chi connectivity index (χ3n) is 5.91. The molecule has 12 nitrogen and oxygen atoms in total. The maximum absolute atomic E-state index is 14.5. The van der Waals surface area contributed by atoms with Gasteiger partial charge >= 0.3 is 14.2 Å². The van der Waals surface area contributed by atoms with Gasteiger partial charge in [-0.15, -0.1) is 4.52 Å². The topological polar surface area (TPSA) is 150 Å². The van der Waals surface area contributed by atoms with Crippen LogP contribution in [-0.4, -0.2) is 57.1 Å². The van der Waals surface area contributed by atoms with E-state index in [1.54, 1.807) is 37.3 Å². The van der Waals surface area contributed by atoms with Crippen molar-refractivity contribution in [2.75, 3.05) is 19.0 Å². The number of imidazole rings is 1. The number of nitrogens with zero attached hydrogens (tertiary/aromatic N) is 4. The molecule has 2 N–H and O–H groups in total. The third-order valence-corrected chi connectivity index (χ3v) is 6.67. The average molecular weight is 506 g/mol. The second kappa shape index (κ2) is 8.99. The number of hydrogen-bond donors (Lipinski definition) is 1. The lowest BCUT2D eigenvalue weighted by molar-refractivity contribution is -0.161. The van der Waals surface area contributed by atoms with E-state index in [9.17, 15) is 13.8 Å². The van der Waals surface area contributed by atoms with Gasteiger partial charge < -0.3 is 19.9 Å². The van der Waals surface area contributed by atoms with Crippen molar-refractivity contribution >= 4 is 31.3 Å². The maximum atomic E-state index is 14.5. The highest BCUT2D eigenvalue weighted by Crippen LogP contribution is 2.65. The Kier molecular flexibility index (Phi) is 5.99. The van der Waals surface area contributed by atoms with Gasteiger partial charge in [0.1, 0.15) is 18.2 Å². The lowest BCUT2D eigenvalue weighted by Gasteiger charge is -2.27. The minimum atomic E-state index is -2.65. The summed E-state index contributed by atoms with van der Waals surface area (Å²) in [6, 6.07) is 8.41. The van der Waals surface area contributed by atoms with Crippen LogP contribution in [0.5, 0.6) is 11.6 Å². The van der Waals surface area contributed by atoms with E-state index < -0.39 is 50.9 Å². The van der Waals surface area contributed by atoms with E-state index in [2.05, 4.69) is 15.0 Å². The Morgan fingerprint density at radius 3 is 2.74 bits per heavy atom. The second-order valence-electron chi connectivity index (χ2n) is 8.02. The molecule has 1 saturated heterocycles. The van der Waals surface area contributed by atoms with Gasteiger partial charge in [0.25, 0.3) is 0 Å². The fraction of sp³-hybridized carbons (Fsp3) is 0.429. The highest BCUT2D eigenvalue weighted by Gasteiger charge is 2.82. The quantitative estimate of drug-likeness (QED) is 0.337. The van der Waals surface area contributed by atoms with Crippen molar-refractivity contribution in [1.29, 1.82) is 0 Å². The first kappa shape index (κ1) is 23.3. The maximum Gasteiger partial charge on any atom is 0.750 e. The van der Waals surface area contributed by atoms with E-state index in [0.717, 1.165) is 0 Å². The summed E-state index contributed by atoms with van der Waals surface area (Å²) in [6.45, 7) is 2.35. The van der Waals surface area contributed by atoms with Crippen LogP contribution in [0.15, 0.2) is 36.7 Å². The van der Waals surface area contributed by atoms with E-state index in [0.29, 0.717) is 17.9 Å². The van der Waals surface area contributed by atoms with E-state index >= 15 is 0 Å². The molecule has 6 atom stereocenters. The number of alkyl halides is 1. The van der Waals surface area contributed by atoms with Crippen LogP contribution in [0, 0.1) is 5.41 Å². The highest BCUT2D eigenvalue weighted by atomic mass is 31.1. The number of aromatic nitrogens is 4. The van der Waals surface area contributed by atoms with E-state index in [-0.39, 0.29) is 17.5 Å². The molecule has 1 aliphatic carbocycles. The smallest absolute Gasteiger partial charge is 0.476 e. The van der Waals surface area contributed by atoms with Crippen molar-refractivity contribution in [3.05, 3.63) is 36.7 Å². The van der Waals surface area contributed by atoms with Crippen LogP contribution in [0.2, 0.25) is 0 Å². The van der Waals surface area contributed by atoms with Crippen LogP contribution in [-0.2, 0) is 23.4 Å². The molecule has 35 heavy (non-hydrogen) atoms. The fourth-order valence-electron chi connectivity index (χ4n) is 4.35. The Hall–Kier alpha value is -3.41. The molecule has 2 aliphatic rings. The van der Waals surface area contributed by atoms with Gasteiger partial charge in [-0.1, -0.05) is 18.2 Å². The first-order chi connectivity index (χ1) is 16.9. The second-order valence-corrected chi connectivity index (χ2v) is 8.86. The molecule has 2 unspecified atom stereocenters. The molecule has 1 aromatic carbocycles. The van der Waals surface area contributed by atoms with E-state index in [4.69, 9.17) is 29.0 Å². The Bertz CT molecular complexity index is 1280. The molecule has 1 saturated carbocycles. The van der Waals surface area contributed by atoms with E-state index in [1.807, 2.05) is 0 Å². The predicted octanol–water partition coefficient (Wildman–Crippen LogP) is 2.73. The van der Waals surface area contributed by atoms with Crippen LogP contribution < -0.4 is 15.0 Å². The number of rotatable bonds is 9. The summed E-state index contributed by atoms with van der Waals surface area (Å²) in [5.74, 6) is -0.207. The SMILES string of the molecule is CCOc1nc(N)nc2c1ncn2[C@@H]1O[C@@H]2C(O[P+](=O)Oc3ccccc3)[C@]2(CF)[C@H]1OC(C)=O. The largest absolute Gasteiger partial charge is 0.750 e. The molecular weight excluding hydrogens is 484 g/mol. The van der Waals surface area contributed by atoms with Gasteiger partial charge in [-0.25, -0.2) is 9.51 Å². The summed E-state index contributed by atoms with van der Waals surface area (Å²) in [5, 5.41) is 0. The van der Waals surface area contributed by atoms with E-state index in [1.165, 1.54) is 17.8 Å². The van der Waals surface area contributed by atoms with Gasteiger partial charge in [0.05, 0.1) is 12.9 Å². The summed E-state index contributed by atoms with van der Waals surface area (Å²) in [5.41, 5.74) is 5.01. The number of benzene rings is 1. The summed E-state index contributed by atoms with van der Waals surface area (Å²) in [7, 11) is -2.65. The fourth-order valence-corrected chi connectivity index (χ4v) is 5.18. The van der Waals surface area contributed by atoms with Gasteiger partial charge in [0.2, 0.25) is 11.8 Å². The molecule has 2 aromatic heterocycles. The number of carbonyl (C=O) groups is 1. The van der Waals surface area contributed by atoms with Gasteiger partial charge in [0, 0.05) is 11.5 Å². The summed E-state index contributed by atoms with van der Waals surface area (Å²) in [6.07, 6.45) is -2.56. The Balaban J connectivity index is 1.43. The molecule has 0 spiro atoms. The number of halogens is 1. The Labute approximate surface area is 199 Å². The Morgan fingerprint density at radius 1 is 1.29 bits per heavy atom. The van der Waals surface area contributed by atoms with Crippen molar-refractivity contribution in [3.63, 3.8) is 0 Å². The number of anilines is 1. The molecule has 1 aliphatic heterocycles. The summed E-state index contributed by atoms with van der Waals surface area (Å²) < 4.78 is 56.3. The van der Waals surface area contributed by atoms with Crippen LogP contribution in [0.4, 0.5) is 10.3 Å². The zero-order chi connectivity index (χ0) is 24.7. The molecule has 0 radical (unpaired) electrons. The number of para-hydroxylation sites is 1. The predicted molar refractivity (Wildman–Crippen MR) is 118 cm³/mol. The minimum Gasteiger partial charge on any atom is -0.476 e. The molecular formula is C21H22FN5O7P+. The number of nitrogens with two attached hydrogens (primary N) is 1. The van der Waals surface area contributed by atoms with Crippen molar-refractivity contribution in [1.82, 2.24) is 19.5 Å². The molecule has 2 fully saturated rings. The first-order valence-electron chi connectivity index (χ1n) is 10.8. The molecule has 0 bridgehead atoms. The lowest BCUT2D eigenvalue weighted by Crippen LogP contribution is -2.37. The van der Waals surface area contributed by atoms with Crippen molar-refractivity contribution in [2.24, 2.45) is 5.41 Å². The highest BCUT2D eigenvalue weighted by molar-refractivity contribution is 7.33. The van der Waals surface area contributed by atoms with Gasteiger partial charge in [-0.3, -0.25) is 13.8 Å². The zero-order valence-corrected chi connectivity index (χ0v) is 19.6. The normalized spacial score (nSPS) is 27.3.